The number of fused-ring (bicyclic) bond motifs is 1. The summed E-state index contributed by atoms with van der Waals surface area (Å²) in [5.41, 5.74) is 3.62. The van der Waals surface area contributed by atoms with Crippen LogP contribution >= 0.6 is 0 Å². The van der Waals surface area contributed by atoms with Gasteiger partial charge in [0.2, 0.25) is 0 Å². The minimum atomic E-state index is -0.351. The van der Waals surface area contributed by atoms with Crippen LogP contribution in [0.4, 0.5) is 16.2 Å². The Hall–Kier alpha value is -3.31. The van der Waals surface area contributed by atoms with Crippen LogP contribution in [0.1, 0.15) is 17.5 Å². The zero-order valence-electron chi connectivity index (χ0n) is 15.4. The third-order valence-electron chi connectivity index (χ3n) is 4.80. The summed E-state index contributed by atoms with van der Waals surface area (Å²) < 4.78 is 5.75. The molecule has 3 aromatic carbocycles. The van der Waals surface area contributed by atoms with Gasteiger partial charge < -0.3 is 20.5 Å². The van der Waals surface area contributed by atoms with E-state index in [4.69, 9.17) is 4.74 Å². The molecule has 0 saturated carbocycles. The zero-order chi connectivity index (χ0) is 19.3. The number of carbonyl (C=O) groups is 1. The molecule has 5 heteroatoms. The molecular weight excluding hydrogens is 352 g/mol. The molecular formula is C23H22N2O3. The molecule has 1 atom stereocenters. The number of aliphatic hydroxyl groups is 1. The van der Waals surface area contributed by atoms with Crippen molar-refractivity contribution in [2.24, 2.45) is 0 Å². The van der Waals surface area contributed by atoms with E-state index < -0.39 is 0 Å². The van der Waals surface area contributed by atoms with Crippen molar-refractivity contribution in [1.29, 1.82) is 0 Å². The van der Waals surface area contributed by atoms with Gasteiger partial charge in [-0.25, -0.2) is 4.79 Å². The van der Waals surface area contributed by atoms with Gasteiger partial charge in [-0.05, 0) is 66.4 Å². The average Bonchev–Trinajstić information content (AvgIpc) is 2.71. The van der Waals surface area contributed by atoms with Crippen LogP contribution in [0.3, 0.4) is 0 Å². The molecule has 3 N–H and O–H groups in total. The molecule has 0 heterocycles. The van der Waals surface area contributed by atoms with E-state index in [9.17, 15) is 9.90 Å². The first-order valence-electron chi connectivity index (χ1n) is 9.37. The van der Waals surface area contributed by atoms with Crippen molar-refractivity contribution >= 4 is 17.4 Å². The lowest BCUT2D eigenvalue weighted by Gasteiger charge is -2.23. The maximum atomic E-state index is 12.4. The largest absolute Gasteiger partial charge is 0.457 e. The molecule has 5 nitrogen and oxygen atoms in total. The molecule has 142 valence electrons. The number of benzene rings is 3. The molecule has 0 aliphatic heterocycles. The first-order valence-corrected chi connectivity index (χ1v) is 9.37. The molecule has 0 spiro atoms. The molecule has 3 aromatic rings. The lowest BCUT2D eigenvalue weighted by molar-refractivity contribution is 0.159. The second-order valence-corrected chi connectivity index (χ2v) is 6.86. The number of nitrogens with one attached hydrogen (secondary N) is 2. The van der Waals surface area contributed by atoms with Crippen molar-refractivity contribution in [1.82, 2.24) is 0 Å². The quantitative estimate of drug-likeness (QED) is 0.604. The maximum Gasteiger partial charge on any atom is 0.323 e. The first-order chi connectivity index (χ1) is 13.7. The van der Waals surface area contributed by atoms with Crippen LogP contribution in [-0.4, -0.2) is 17.2 Å². The smallest absolute Gasteiger partial charge is 0.323 e. The monoisotopic (exact) mass is 374 g/mol. The third-order valence-corrected chi connectivity index (χ3v) is 4.80. The molecule has 0 fully saturated rings. The molecule has 0 radical (unpaired) electrons. The zero-order valence-corrected chi connectivity index (χ0v) is 15.4. The Morgan fingerprint density at radius 1 is 0.893 bits per heavy atom. The minimum absolute atomic E-state index is 0.315. The van der Waals surface area contributed by atoms with Crippen LogP contribution in [0.2, 0.25) is 0 Å². The van der Waals surface area contributed by atoms with E-state index in [0.29, 0.717) is 17.9 Å². The van der Waals surface area contributed by atoms with Crippen LogP contribution in [0.25, 0.3) is 0 Å². The Morgan fingerprint density at radius 2 is 1.64 bits per heavy atom. The SMILES string of the molecule is O=C(Nc1ccc(Oc2ccccc2)cc1)Nc1cccc2c1C[C@H](O)CC2. The predicted octanol–water partition coefficient (Wildman–Crippen LogP) is 4.97. The molecule has 0 saturated heterocycles. The molecule has 0 unspecified atom stereocenters. The summed E-state index contributed by atoms with van der Waals surface area (Å²) in [7, 11) is 0. The summed E-state index contributed by atoms with van der Waals surface area (Å²) in [4.78, 5) is 12.4. The number of urea groups is 1. The van der Waals surface area contributed by atoms with Crippen LogP contribution in [0.15, 0.2) is 72.8 Å². The standard InChI is InChI=1S/C23H22N2O3/c26-18-12-9-16-5-4-8-22(21(16)15-18)25-23(27)24-17-10-13-20(14-11-17)28-19-6-2-1-3-7-19/h1-8,10-11,13-14,18,26H,9,12,15H2,(H2,24,25,27)/t18-/m1/s1. The number of rotatable bonds is 4. The van der Waals surface area contributed by atoms with Crippen LogP contribution in [0.5, 0.6) is 11.5 Å². The number of ether oxygens (including phenoxy) is 1. The molecule has 1 aliphatic rings. The summed E-state index contributed by atoms with van der Waals surface area (Å²) in [5.74, 6) is 1.46. The number of carbonyl (C=O) groups excluding carboxylic acids is 1. The fourth-order valence-electron chi connectivity index (χ4n) is 3.40. The van der Waals surface area contributed by atoms with Crippen LogP contribution < -0.4 is 15.4 Å². The van der Waals surface area contributed by atoms with Gasteiger partial charge >= 0.3 is 6.03 Å². The number of aliphatic hydroxyl groups excluding tert-OH is 1. The first kappa shape index (κ1) is 18.1. The second-order valence-electron chi connectivity index (χ2n) is 6.86. The lowest BCUT2D eigenvalue weighted by atomic mass is 9.88. The highest BCUT2D eigenvalue weighted by molar-refractivity contribution is 6.00. The van der Waals surface area contributed by atoms with E-state index in [2.05, 4.69) is 16.7 Å². The van der Waals surface area contributed by atoms with Gasteiger partial charge in [0, 0.05) is 17.8 Å². The average molecular weight is 374 g/mol. The van der Waals surface area contributed by atoms with Gasteiger partial charge in [-0.15, -0.1) is 0 Å². The maximum absolute atomic E-state index is 12.4. The predicted molar refractivity (Wildman–Crippen MR) is 110 cm³/mol. The fourth-order valence-corrected chi connectivity index (χ4v) is 3.40. The normalized spacial score (nSPS) is 15.4. The summed E-state index contributed by atoms with van der Waals surface area (Å²) in [6, 6.07) is 22.3. The van der Waals surface area contributed by atoms with E-state index in [0.717, 1.165) is 29.8 Å². The van der Waals surface area contributed by atoms with Gasteiger partial charge in [0.25, 0.3) is 0 Å². The van der Waals surface area contributed by atoms with Gasteiger partial charge in [-0.1, -0.05) is 30.3 Å². The number of anilines is 2. The Bertz CT molecular complexity index is 955. The van der Waals surface area contributed by atoms with Gasteiger partial charge in [0.15, 0.2) is 0 Å². The summed E-state index contributed by atoms with van der Waals surface area (Å²) >= 11 is 0. The van der Waals surface area contributed by atoms with Crippen molar-refractivity contribution in [2.75, 3.05) is 10.6 Å². The molecule has 4 rings (SSSR count). The van der Waals surface area contributed by atoms with Gasteiger partial charge in [-0.2, -0.15) is 0 Å². The van der Waals surface area contributed by atoms with Gasteiger partial charge in [0.1, 0.15) is 11.5 Å². The summed E-state index contributed by atoms with van der Waals surface area (Å²) in [6.07, 6.45) is 1.81. The number of aryl methyl sites for hydroxylation is 1. The highest BCUT2D eigenvalue weighted by Crippen LogP contribution is 2.28. The molecule has 2 amide bonds. The highest BCUT2D eigenvalue weighted by atomic mass is 16.5. The minimum Gasteiger partial charge on any atom is -0.457 e. The topological polar surface area (TPSA) is 70.6 Å². The number of para-hydroxylation sites is 1. The Morgan fingerprint density at radius 3 is 2.43 bits per heavy atom. The van der Waals surface area contributed by atoms with E-state index in [1.54, 1.807) is 12.1 Å². The van der Waals surface area contributed by atoms with E-state index in [1.165, 1.54) is 5.56 Å². The number of amides is 2. The summed E-state index contributed by atoms with van der Waals surface area (Å²) in [6.45, 7) is 0. The lowest BCUT2D eigenvalue weighted by Crippen LogP contribution is -2.24. The molecule has 0 aromatic heterocycles. The van der Waals surface area contributed by atoms with Crippen LogP contribution in [0, 0.1) is 0 Å². The Balaban J connectivity index is 1.39. The summed E-state index contributed by atoms with van der Waals surface area (Å²) in [5, 5.41) is 15.7. The molecule has 1 aliphatic carbocycles. The van der Waals surface area contributed by atoms with E-state index in [1.807, 2.05) is 54.6 Å². The number of hydrogen-bond donors (Lipinski definition) is 3. The van der Waals surface area contributed by atoms with Crippen molar-refractivity contribution in [3.05, 3.63) is 83.9 Å². The Labute approximate surface area is 164 Å². The van der Waals surface area contributed by atoms with Crippen molar-refractivity contribution in [3.8, 4) is 11.5 Å². The van der Waals surface area contributed by atoms with Crippen molar-refractivity contribution < 1.29 is 14.6 Å². The number of hydrogen-bond acceptors (Lipinski definition) is 3. The Kier molecular flexibility index (Phi) is 5.26. The van der Waals surface area contributed by atoms with E-state index in [-0.39, 0.29) is 12.1 Å². The van der Waals surface area contributed by atoms with Crippen molar-refractivity contribution in [3.63, 3.8) is 0 Å². The molecule has 0 bridgehead atoms. The van der Waals surface area contributed by atoms with Gasteiger partial charge in [0.05, 0.1) is 6.10 Å². The fraction of sp³-hybridized carbons (Fsp3) is 0.174. The molecule has 28 heavy (non-hydrogen) atoms. The van der Waals surface area contributed by atoms with Crippen molar-refractivity contribution in [2.45, 2.75) is 25.4 Å². The highest BCUT2D eigenvalue weighted by Gasteiger charge is 2.19. The third kappa shape index (κ3) is 4.32. The van der Waals surface area contributed by atoms with E-state index >= 15 is 0 Å². The van der Waals surface area contributed by atoms with Gasteiger partial charge in [-0.3, -0.25) is 0 Å². The second kappa shape index (κ2) is 8.15. The van der Waals surface area contributed by atoms with Crippen LogP contribution in [-0.2, 0) is 12.8 Å².